The molecule has 2 aromatic rings. The standard InChI is InChI=1S/C18H19NOS/c1-13-11-12-21-17(13)9-10-18(20)19-16-8-4-6-14-5-2-3-7-15(14)16/h2-3,5,7,9-12,16H,4,6,8H2,1H3,(H,19,20)/b10-9+/t16-/m0/s1. The second-order valence-electron chi connectivity index (χ2n) is 5.45. The quantitative estimate of drug-likeness (QED) is 0.843. The molecule has 0 saturated heterocycles. The van der Waals surface area contributed by atoms with Crippen molar-refractivity contribution in [3.05, 3.63) is 63.4 Å². The van der Waals surface area contributed by atoms with Crippen LogP contribution < -0.4 is 5.32 Å². The molecule has 0 saturated carbocycles. The smallest absolute Gasteiger partial charge is 0.244 e. The van der Waals surface area contributed by atoms with Gasteiger partial charge in [-0.1, -0.05) is 24.3 Å². The minimum absolute atomic E-state index is 0.00972. The predicted octanol–water partition coefficient (Wildman–Crippen LogP) is 4.26. The van der Waals surface area contributed by atoms with Crippen molar-refractivity contribution >= 4 is 23.3 Å². The summed E-state index contributed by atoms with van der Waals surface area (Å²) < 4.78 is 0. The SMILES string of the molecule is Cc1ccsc1/C=C/C(=O)N[C@H]1CCCc2ccccc21. The highest BCUT2D eigenvalue weighted by Crippen LogP contribution is 2.29. The van der Waals surface area contributed by atoms with E-state index in [9.17, 15) is 4.79 Å². The Kier molecular flexibility index (Phi) is 4.20. The average Bonchev–Trinajstić information content (AvgIpc) is 2.91. The number of benzene rings is 1. The fourth-order valence-electron chi connectivity index (χ4n) is 2.83. The first-order valence-electron chi connectivity index (χ1n) is 7.34. The lowest BCUT2D eigenvalue weighted by molar-refractivity contribution is -0.117. The summed E-state index contributed by atoms with van der Waals surface area (Å²) in [6.07, 6.45) is 6.83. The zero-order valence-corrected chi connectivity index (χ0v) is 13.0. The number of hydrogen-bond acceptors (Lipinski definition) is 2. The number of rotatable bonds is 3. The second kappa shape index (κ2) is 6.27. The van der Waals surface area contributed by atoms with Crippen LogP contribution in [0, 0.1) is 6.92 Å². The van der Waals surface area contributed by atoms with E-state index in [4.69, 9.17) is 0 Å². The van der Waals surface area contributed by atoms with Crippen LogP contribution in [0.4, 0.5) is 0 Å². The van der Waals surface area contributed by atoms with Gasteiger partial charge in [-0.3, -0.25) is 4.79 Å². The summed E-state index contributed by atoms with van der Waals surface area (Å²) >= 11 is 1.66. The first kappa shape index (κ1) is 14.1. The minimum Gasteiger partial charge on any atom is -0.346 e. The molecule has 2 nitrogen and oxygen atoms in total. The molecule has 3 rings (SSSR count). The van der Waals surface area contributed by atoms with E-state index in [2.05, 4.69) is 36.5 Å². The van der Waals surface area contributed by atoms with Crippen LogP contribution in [0.5, 0.6) is 0 Å². The Labute approximate surface area is 129 Å². The van der Waals surface area contributed by atoms with Crippen LogP contribution in [-0.4, -0.2) is 5.91 Å². The molecule has 1 amide bonds. The van der Waals surface area contributed by atoms with Gasteiger partial charge in [-0.15, -0.1) is 11.3 Å². The van der Waals surface area contributed by atoms with Gasteiger partial charge in [-0.25, -0.2) is 0 Å². The third-order valence-electron chi connectivity index (χ3n) is 3.97. The van der Waals surface area contributed by atoms with E-state index in [0.717, 1.165) is 24.1 Å². The van der Waals surface area contributed by atoms with Gasteiger partial charge in [-0.2, -0.15) is 0 Å². The molecular formula is C18H19NOS. The van der Waals surface area contributed by atoms with Gasteiger partial charge in [-0.05, 0) is 60.4 Å². The lowest BCUT2D eigenvalue weighted by Crippen LogP contribution is -2.29. The fourth-order valence-corrected chi connectivity index (χ4v) is 3.65. The van der Waals surface area contributed by atoms with Gasteiger partial charge in [0.05, 0.1) is 6.04 Å². The topological polar surface area (TPSA) is 29.1 Å². The highest BCUT2D eigenvalue weighted by molar-refractivity contribution is 7.11. The maximum Gasteiger partial charge on any atom is 0.244 e. The number of carbonyl (C=O) groups excluding carboxylic acids is 1. The van der Waals surface area contributed by atoms with Crippen LogP contribution >= 0.6 is 11.3 Å². The van der Waals surface area contributed by atoms with Crippen LogP contribution in [0.25, 0.3) is 6.08 Å². The van der Waals surface area contributed by atoms with Crippen LogP contribution in [0.15, 0.2) is 41.8 Å². The predicted molar refractivity (Wildman–Crippen MR) is 88.4 cm³/mol. The summed E-state index contributed by atoms with van der Waals surface area (Å²) in [6, 6.07) is 10.6. The molecule has 0 fully saturated rings. The molecule has 0 radical (unpaired) electrons. The van der Waals surface area contributed by atoms with Crippen LogP contribution in [0.2, 0.25) is 0 Å². The Bertz CT molecular complexity index is 671. The summed E-state index contributed by atoms with van der Waals surface area (Å²) in [5.41, 5.74) is 3.86. The average molecular weight is 297 g/mol. The van der Waals surface area contributed by atoms with Gasteiger partial charge in [0.2, 0.25) is 5.91 Å². The summed E-state index contributed by atoms with van der Waals surface area (Å²) in [5, 5.41) is 5.18. The van der Waals surface area contributed by atoms with E-state index in [-0.39, 0.29) is 11.9 Å². The Morgan fingerprint density at radius 2 is 2.19 bits per heavy atom. The van der Waals surface area contributed by atoms with E-state index in [0.29, 0.717) is 0 Å². The molecule has 0 bridgehead atoms. The van der Waals surface area contributed by atoms with Crippen molar-refractivity contribution in [2.24, 2.45) is 0 Å². The van der Waals surface area contributed by atoms with Crippen LogP contribution in [0.3, 0.4) is 0 Å². The highest BCUT2D eigenvalue weighted by atomic mass is 32.1. The van der Waals surface area contributed by atoms with E-state index in [1.165, 1.54) is 16.7 Å². The Balaban J connectivity index is 1.69. The third-order valence-corrected chi connectivity index (χ3v) is 4.96. The molecule has 0 unspecified atom stereocenters. The van der Waals surface area contributed by atoms with Gasteiger partial charge in [0.25, 0.3) is 0 Å². The largest absolute Gasteiger partial charge is 0.346 e. The van der Waals surface area contributed by atoms with Gasteiger partial charge in [0, 0.05) is 11.0 Å². The molecule has 1 aromatic carbocycles. The number of nitrogens with one attached hydrogen (secondary N) is 1. The Morgan fingerprint density at radius 3 is 3.00 bits per heavy atom. The van der Waals surface area contributed by atoms with Crippen LogP contribution in [0.1, 0.15) is 40.5 Å². The second-order valence-corrected chi connectivity index (χ2v) is 6.40. The Morgan fingerprint density at radius 1 is 1.33 bits per heavy atom. The molecule has 1 N–H and O–H groups in total. The van der Waals surface area contributed by atoms with Gasteiger partial charge in [0.15, 0.2) is 0 Å². The molecule has 1 heterocycles. The molecule has 21 heavy (non-hydrogen) atoms. The van der Waals surface area contributed by atoms with Gasteiger partial charge in [0.1, 0.15) is 0 Å². The molecule has 3 heteroatoms. The molecule has 1 aliphatic carbocycles. The van der Waals surface area contributed by atoms with Crippen molar-refractivity contribution in [2.45, 2.75) is 32.2 Å². The normalized spacial score (nSPS) is 17.7. The lowest BCUT2D eigenvalue weighted by Gasteiger charge is -2.25. The zero-order valence-electron chi connectivity index (χ0n) is 12.1. The number of fused-ring (bicyclic) bond motifs is 1. The third kappa shape index (κ3) is 3.24. The summed E-state index contributed by atoms with van der Waals surface area (Å²) in [4.78, 5) is 13.3. The highest BCUT2D eigenvalue weighted by Gasteiger charge is 2.20. The van der Waals surface area contributed by atoms with E-state index < -0.39 is 0 Å². The summed E-state index contributed by atoms with van der Waals surface area (Å²) in [7, 11) is 0. The molecule has 1 aromatic heterocycles. The molecular weight excluding hydrogens is 278 g/mol. The maximum absolute atomic E-state index is 12.1. The minimum atomic E-state index is -0.00972. The van der Waals surface area contributed by atoms with Crippen molar-refractivity contribution in [3.63, 3.8) is 0 Å². The van der Waals surface area contributed by atoms with E-state index in [1.54, 1.807) is 17.4 Å². The fraction of sp³-hybridized carbons (Fsp3) is 0.278. The number of aryl methyl sites for hydroxylation is 2. The Hall–Kier alpha value is -1.87. The number of thiophene rings is 1. The van der Waals surface area contributed by atoms with Crippen LogP contribution in [-0.2, 0) is 11.2 Å². The van der Waals surface area contributed by atoms with Gasteiger partial charge >= 0.3 is 0 Å². The first-order valence-corrected chi connectivity index (χ1v) is 8.22. The van der Waals surface area contributed by atoms with Crippen molar-refractivity contribution in [2.75, 3.05) is 0 Å². The zero-order chi connectivity index (χ0) is 14.7. The monoisotopic (exact) mass is 297 g/mol. The first-order chi connectivity index (χ1) is 10.2. The molecule has 0 aliphatic heterocycles. The van der Waals surface area contributed by atoms with Crippen molar-refractivity contribution < 1.29 is 4.79 Å². The molecule has 108 valence electrons. The lowest BCUT2D eigenvalue weighted by atomic mass is 9.88. The summed E-state index contributed by atoms with van der Waals surface area (Å²) in [6.45, 7) is 2.06. The number of hydrogen-bond donors (Lipinski definition) is 1. The number of amides is 1. The molecule has 1 aliphatic rings. The number of carbonyl (C=O) groups is 1. The van der Waals surface area contributed by atoms with Crippen molar-refractivity contribution in [1.82, 2.24) is 5.32 Å². The summed E-state index contributed by atoms with van der Waals surface area (Å²) in [5.74, 6) is -0.00972. The van der Waals surface area contributed by atoms with E-state index >= 15 is 0 Å². The van der Waals surface area contributed by atoms with Crippen molar-refractivity contribution in [1.29, 1.82) is 0 Å². The maximum atomic E-state index is 12.1. The van der Waals surface area contributed by atoms with Crippen molar-refractivity contribution in [3.8, 4) is 0 Å². The molecule has 1 atom stereocenters. The molecule has 0 spiro atoms. The van der Waals surface area contributed by atoms with E-state index in [1.807, 2.05) is 17.5 Å². The van der Waals surface area contributed by atoms with Gasteiger partial charge < -0.3 is 5.32 Å².